The lowest BCUT2D eigenvalue weighted by molar-refractivity contribution is -0.924. The Balaban J connectivity index is 2.10. The van der Waals surface area contributed by atoms with Crippen molar-refractivity contribution in [3.8, 4) is 0 Å². The van der Waals surface area contributed by atoms with E-state index in [9.17, 15) is 0 Å². The van der Waals surface area contributed by atoms with Crippen molar-refractivity contribution in [1.82, 2.24) is 0 Å². The van der Waals surface area contributed by atoms with Gasteiger partial charge in [-0.05, 0) is 12.1 Å². The van der Waals surface area contributed by atoms with Crippen molar-refractivity contribution in [2.75, 3.05) is 26.7 Å². The molecule has 0 saturated heterocycles. The van der Waals surface area contributed by atoms with Gasteiger partial charge in [-0.15, -0.1) is 0 Å². The summed E-state index contributed by atoms with van der Waals surface area (Å²) < 4.78 is 1.16. The molecule has 2 N–H and O–H groups in total. The molecule has 2 nitrogen and oxygen atoms in total. The predicted octanol–water partition coefficient (Wildman–Crippen LogP) is 1.54. The van der Waals surface area contributed by atoms with Gasteiger partial charge in [0.2, 0.25) is 0 Å². The Bertz CT molecular complexity index is 335. The first-order valence-corrected chi connectivity index (χ1v) is 5.84. The molecule has 0 saturated carbocycles. The lowest BCUT2D eigenvalue weighted by Gasteiger charge is -2.38. The molecule has 2 heteroatoms. The summed E-state index contributed by atoms with van der Waals surface area (Å²) in [5.74, 6) is 0. The van der Waals surface area contributed by atoms with E-state index in [0.717, 1.165) is 17.4 Å². The van der Waals surface area contributed by atoms with Crippen LogP contribution in [0.2, 0.25) is 0 Å². The molecule has 1 aliphatic rings. The third-order valence-corrected chi connectivity index (χ3v) is 3.49. The number of likely N-dealkylation sites (N-methyl/N-ethyl adjacent to an activating group) is 1. The minimum Gasteiger partial charge on any atom is -0.330 e. The van der Waals surface area contributed by atoms with Crippen LogP contribution in [-0.2, 0) is 13.0 Å². The first kappa shape index (κ1) is 10.7. The summed E-state index contributed by atoms with van der Waals surface area (Å²) in [4.78, 5) is 0. The van der Waals surface area contributed by atoms with Gasteiger partial charge in [-0.25, -0.2) is 0 Å². The fourth-order valence-electron chi connectivity index (χ4n) is 2.50. The van der Waals surface area contributed by atoms with E-state index in [1.165, 1.54) is 31.6 Å². The molecule has 15 heavy (non-hydrogen) atoms. The number of quaternary nitrogens is 1. The fraction of sp³-hybridized carbons (Fsp3) is 0.538. The van der Waals surface area contributed by atoms with Crippen LogP contribution in [0.15, 0.2) is 24.3 Å². The summed E-state index contributed by atoms with van der Waals surface area (Å²) in [6.45, 7) is 4.47. The zero-order valence-electron chi connectivity index (χ0n) is 9.58. The van der Waals surface area contributed by atoms with Crippen molar-refractivity contribution in [1.29, 1.82) is 0 Å². The zero-order chi connectivity index (χ0) is 10.7. The number of nitrogens with two attached hydrogens (primary N) is 1. The highest BCUT2D eigenvalue weighted by Crippen LogP contribution is 2.23. The molecule has 0 radical (unpaired) electrons. The molecule has 1 aliphatic heterocycles. The van der Waals surface area contributed by atoms with Crippen LogP contribution in [-0.4, -0.2) is 31.2 Å². The average Bonchev–Trinajstić information content (AvgIpc) is 2.26. The van der Waals surface area contributed by atoms with Gasteiger partial charge < -0.3 is 10.2 Å². The SMILES string of the molecule is C[N+]1(CCCN)CCc2ccccc2C1. The molecule has 1 heterocycles. The number of hydrogen-bond donors (Lipinski definition) is 1. The number of benzene rings is 1. The Labute approximate surface area is 92.3 Å². The van der Waals surface area contributed by atoms with Crippen molar-refractivity contribution in [3.63, 3.8) is 0 Å². The molecular formula is C13H21N2+. The van der Waals surface area contributed by atoms with E-state index >= 15 is 0 Å². The highest BCUT2D eigenvalue weighted by molar-refractivity contribution is 5.27. The van der Waals surface area contributed by atoms with Crippen LogP contribution in [0.5, 0.6) is 0 Å². The van der Waals surface area contributed by atoms with E-state index in [4.69, 9.17) is 5.73 Å². The third kappa shape index (κ3) is 2.39. The normalized spacial score (nSPS) is 24.9. The number of fused-ring (bicyclic) bond motifs is 1. The largest absolute Gasteiger partial charge is 0.330 e. The fourth-order valence-corrected chi connectivity index (χ4v) is 2.50. The van der Waals surface area contributed by atoms with E-state index < -0.39 is 0 Å². The van der Waals surface area contributed by atoms with E-state index in [0.29, 0.717) is 0 Å². The van der Waals surface area contributed by atoms with Crippen LogP contribution in [0, 0.1) is 0 Å². The van der Waals surface area contributed by atoms with Gasteiger partial charge in [0, 0.05) is 18.4 Å². The molecule has 1 atom stereocenters. The highest BCUT2D eigenvalue weighted by Gasteiger charge is 2.27. The maximum Gasteiger partial charge on any atom is 0.104 e. The van der Waals surface area contributed by atoms with Crippen LogP contribution in [0.1, 0.15) is 17.5 Å². The molecule has 0 aliphatic carbocycles. The van der Waals surface area contributed by atoms with Crippen LogP contribution in [0.25, 0.3) is 0 Å². The molecular weight excluding hydrogens is 184 g/mol. The van der Waals surface area contributed by atoms with E-state index in [1.54, 1.807) is 5.56 Å². The maximum atomic E-state index is 5.59. The second kappa shape index (κ2) is 4.33. The number of hydrogen-bond acceptors (Lipinski definition) is 1. The molecule has 0 spiro atoms. The number of nitrogens with zero attached hydrogens (tertiary/aromatic N) is 1. The Morgan fingerprint density at radius 2 is 2.00 bits per heavy atom. The van der Waals surface area contributed by atoms with Gasteiger partial charge in [-0.3, -0.25) is 0 Å². The summed E-state index contributed by atoms with van der Waals surface area (Å²) in [6, 6.07) is 8.83. The monoisotopic (exact) mass is 205 g/mol. The minimum atomic E-state index is 0.815. The summed E-state index contributed by atoms with van der Waals surface area (Å²) in [5.41, 5.74) is 8.66. The second-order valence-electron chi connectivity index (χ2n) is 4.89. The lowest BCUT2D eigenvalue weighted by Crippen LogP contribution is -2.48. The Kier molecular flexibility index (Phi) is 3.08. The Morgan fingerprint density at radius 3 is 2.73 bits per heavy atom. The average molecular weight is 205 g/mol. The molecule has 0 bridgehead atoms. The first-order valence-electron chi connectivity index (χ1n) is 5.84. The van der Waals surface area contributed by atoms with Gasteiger partial charge in [0.25, 0.3) is 0 Å². The standard InChI is InChI=1S/C13H21N2/c1-15(9-4-8-14)10-7-12-5-2-3-6-13(12)11-15/h2-3,5-6H,4,7-11,14H2,1H3/q+1. The lowest BCUT2D eigenvalue weighted by atomic mass is 9.98. The van der Waals surface area contributed by atoms with E-state index in [1.807, 2.05) is 0 Å². The van der Waals surface area contributed by atoms with Crippen molar-refractivity contribution < 1.29 is 4.48 Å². The molecule has 0 aromatic heterocycles. The van der Waals surface area contributed by atoms with Crippen molar-refractivity contribution >= 4 is 0 Å². The van der Waals surface area contributed by atoms with E-state index in [-0.39, 0.29) is 0 Å². The number of rotatable bonds is 3. The van der Waals surface area contributed by atoms with Gasteiger partial charge in [-0.2, -0.15) is 0 Å². The molecule has 1 aromatic rings. The van der Waals surface area contributed by atoms with Gasteiger partial charge >= 0.3 is 0 Å². The van der Waals surface area contributed by atoms with Crippen molar-refractivity contribution in [2.45, 2.75) is 19.4 Å². The molecule has 2 rings (SSSR count). The third-order valence-electron chi connectivity index (χ3n) is 3.49. The molecule has 1 aromatic carbocycles. The molecule has 0 amide bonds. The van der Waals surface area contributed by atoms with Crippen LogP contribution < -0.4 is 5.73 Å². The smallest absolute Gasteiger partial charge is 0.104 e. The molecule has 0 fully saturated rings. The van der Waals surface area contributed by atoms with Gasteiger partial charge in [0.05, 0.1) is 20.1 Å². The Hall–Kier alpha value is -0.860. The summed E-state index contributed by atoms with van der Waals surface area (Å²) in [7, 11) is 2.35. The second-order valence-corrected chi connectivity index (χ2v) is 4.89. The first-order chi connectivity index (χ1) is 7.23. The topological polar surface area (TPSA) is 26.0 Å². The highest BCUT2D eigenvalue weighted by atomic mass is 15.3. The Morgan fingerprint density at radius 1 is 1.27 bits per heavy atom. The van der Waals surface area contributed by atoms with E-state index in [2.05, 4.69) is 31.3 Å². The maximum absolute atomic E-state index is 5.59. The molecule has 82 valence electrons. The quantitative estimate of drug-likeness (QED) is 0.744. The van der Waals surface area contributed by atoms with Gasteiger partial charge in [0.1, 0.15) is 6.54 Å². The van der Waals surface area contributed by atoms with Crippen molar-refractivity contribution in [3.05, 3.63) is 35.4 Å². The minimum absolute atomic E-state index is 0.815. The molecule has 1 unspecified atom stereocenters. The van der Waals surface area contributed by atoms with Crippen LogP contribution >= 0.6 is 0 Å². The summed E-state index contributed by atoms with van der Waals surface area (Å²) in [5, 5.41) is 0. The van der Waals surface area contributed by atoms with Gasteiger partial charge in [0.15, 0.2) is 0 Å². The summed E-state index contributed by atoms with van der Waals surface area (Å²) in [6.07, 6.45) is 2.36. The van der Waals surface area contributed by atoms with Crippen LogP contribution in [0.3, 0.4) is 0 Å². The van der Waals surface area contributed by atoms with Crippen molar-refractivity contribution in [2.24, 2.45) is 5.73 Å². The summed E-state index contributed by atoms with van der Waals surface area (Å²) >= 11 is 0. The van der Waals surface area contributed by atoms with Crippen LogP contribution in [0.4, 0.5) is 0 Å². The zero-order valence-corrected chi connectivity index (χ0v) is 9.58. The van der Waals surface area contributed by atoms with Gasteiger partial charge in [-0.1, -0.05) is 24.3 Å². The predicted molar refractivity (Wildman–Crippen MR) is 63.4 cm³/mol.